The third kappa shape index (κ3) is 4.02. The van der Waals surface area contributed by atoms with Crippen molar-refractivity contribution in [3.8, 4) is 0 Å². The van der Waals surface area contributed by atoms with Crippen LogP contribution in [0.4, 0.5) is 4.39 Å². The molecule has 0 N–H and O–H groups in total. The van der Waals surface area contributed by atoms with Crippen LogP contribution in [0.2, 0.25) is 0 Å². The van der Waals surface area contributed by atoms with Gasteiger partial charge in [-0.1, -0.05) is 44.6 Å². The molecular weight excluding hydrogens is 207 g/mol. The molecular formula is C13H21FS. The average molecular weight is 228 g/mol. The Balaban J connectivity index is 2.56. The molecule has 0 aliphatic heterocycles. The van der Waals surface area contributed by atoms with Crippen LogP contribution in [0.5, 0.6) is 0 Å². The van der Waals surface area contributed by atoms with Crippen molar-refractivity contribution in [3.05, 3.63) is 23.8 Å². The first-order chi connectivity index (χ1) is 7.00. The quantitative estimate of drug-likeness (QED) is 0.685. The van der Waals surface area contributed by atoms with Crippen LogP contribution in [-0.2, 0) is 0 Å². The number of halogens is 1. The maximum absolute atomic E-state index is 12.9. The zero-order valence-electron chi connectivity index (χ0n) is 9.78. The standard InChI is InChI=1S/C13H21FS/c1-9(2)13(10(3)15)8-11-4-6-12(14)7-5-11/h4-6,9-10,12-13,15H,7-8H2,1-3H3. The molecule has 0 fully saturated rings. The van der Waals surface area contributed by atoms with Gasteiger partial charge in [-0.05, 0) is 18.3 Å². The zero-order chi connectivity index (χ0) is 11.4. The Hall–Kier alpha value is -0.240. The summed E-state index contributed by atoms with van der Waals surface area (Å²) in [6.45, 7) is 6.59. The molecule has 0 aromatic carbocycles. The second-order valence-electron chi connectivity index (χ2n) is 4.74. The Bertz CT molecular complexity index is 245. The van der Waals surface area contributed by atoms with E-state index in [2.05, 4.69) is 33.4 Å². The molecule has 0 amide bonds. The lowest BCUT2D eigenvalue weighted by atomic mass is 9.85. The van der Waals surface area contributed by atoms with Crippen molar-refractivity contribution in [3.63, 3.8) is 0 Å². The number of thiol groups is 1. The Labute approximate surface area is 98.1 Å². The van der Waals surface area contributed by atoms with Crippen molar-refractivity contribution in [2.75, 3.05) is 0 Å². The van der Waals surface area contributed by atoms with Gasteiger partial charge in [0.05, 0.1) is 0 Å². The number of rotatable bonds is 4. The van der Waals surface area contributed by atoms with Gasteiger partial charge in [-0.3, -0.25) is 0 Å². The van der Waals surface area contributed by atoms with Crippen molar-refractivity contribution in [2.45, 2.75) is 45.0 Å². The van der Waals surface area contributed by atoms with Crippen LogP contribution in [-0.4, -0.2) is 11.4 Å². The number of alkyl halides is 1. The van der Waals surface area contributed by atoms with Gasteiger partial charge in [-0.25, -0.2) is 4.39 Å². The van der Waals surface area contributed by atoms with Gasteiger partial charge in [-0.2, -0.15) is 12.6 Å². The molecule has 1 rings (SSSR count). The van der Waals surface area contributed by atoms with Gasteiger partial charge in [-0.15, -0.1) is 0 Å². The Morgan fingerprint density at radius 3 is 2.53 bits per heavy atom. The average Bonchev–Trinajstić information content (AvgIpc) is 2.15. The van der Waals surface area contributed by atoms with E-state index < -0.39 is 6.17 Å². The van der Waals surface area contributed by atoms with Gasteiger partial charge in [0.2, 0.25) is 0 Å². The van der Waals surface area contributed by atoms with Gasteiger partial charge < -0.3 is 0 Å². The molecule has 0 heterocycles. The molecule has 0 bridgehead atoms. The second kappa shape index (κ2) is 5.74. The lowest BCUT2D eigenvalue weighted by molar-refractivity contribution is 0.375. The maximum Gasteiger partial charge on any atom is 0.122 e. The van der Waals surface area contributed by atoms with E-state index in [1.165, 1.54) is 5.57 Å². The molecule has 1 aliphatic carbocycles. The molecule has 0 aromatic heterocycles. The molecule has 86 valence electrons. The van der Waals surface area contributed by atoms with E-state index >= 15 is 0 Å². The lowest BCUT2D eigenvalue weighted by Gasteiger charge is -2.25. The molecule has 0 aromatic rings. The fraction of sp³-hybridized carbons (Fsp3) is 0.692. The summed E-state index contributed by atoms with van der Waals surface area (Å²) in [5.41, 5.74) is 1.27. The SMILES string of the molecule is CC(C)C(CC1=CCC(F)C=C1)C(C)S. The summed E-state index contributed by atoms with van der Waals surface area (Å²) in [7, 11) is 0. The van der Waals surface area contributed by atoms with E-state index in [-0.39, 0.29) is 0 Å². The fourth-order valence-electron chi connectivity index (χ4n) is 2.03. The smallest absolute Gasteiger partial charge is 0.122 e. The minimum Gasteiger partial charge on any atom is -0.243 e. The predicted octanol–water partition coefficient (Wildman–Crippen LogP) is 4.19. The van der Waals surface area contributed by atoms with E-state index in [1.54, 1.807) is 6.08 Å². The van der Waals surface area contributed by atoms with Gasteiger partial charge in [0.1, 0.15) is 6.17 Å². The van der Waals surface area contributed by atoms with Gasteiger partial charge in [0.25, 0.3) is 0 Å². The third-order valence-corrected chi connectivity index (χ3v) is 3.45. The van der Waals surface area contributed by atoms with Crippen molar-refractivity contribution < 1.29 is 4.39 Å². The maximum atomic E-state index is 12.9. The first kappa shape index (κ1) is 12.8. The highest BCUT2D eigenvalue weighted by Gasteiger charge is 2.19. The van der Waals surface area contributed by atoms with E-state index in [0.29, 0.717) is 23.5 Å². The Morgan fingerprint density at radius 1 is 1.47 bits per heavy atom. The van der Waals surface area contributed by atoms with Crippen molar-refractivity contribution in [1.29, 1.82) is 0 Å². The number of hydrogen-bond donors (Lipinski definition) is 1. The molecule has 15 heavy (non-hydrogen) atoms. The summed E-state index contributed by atoms with van der Waals surface area (Å²) < 4.78 is 12.9. The minimum atomic E-state index is -0.778. The van der Waals surface area contributed by atoms with Crippen molar-refractivity contribution in [2.24, 2.45) is 11.8 Å². The van der Waals surface area contributed by atoms with Crippen LogP contribution < -0.4 is 0 Å². The van der Waals surface area contributed by atoms with E-state index in [0.717, 1.165) is 6.42 Å². The molecule has 0 nitrogen and oxygen atoms in total. The van der Waals surface area contributed by atoms with Crippen molar-refractivity contribution >= 4 is 12.6 Å². The molecule has 0 saturated heterocycles. The Kier molecular flexibility index (Phi) is 4.91. The summed E-state index contributed by atoms with van der Waals surface area (Å²) >= 11 is 4.52. The zero-order valence-corrected chi connectivity index (χ0v) is 10.7. The molecule has 3 atom stereocenters. The molecule has 0 saturated carbocycles. The second-order valence-corrected chi connectivity index (χ2v) is 5.56. The van der Waals surface area contributed by atoms with Crippen LogP contribution in [0.25, 0.3) is 0 Å². The Morgan fingerprint density at radius 2 is 2.13 bits per heavy atom. The fourth-order valence-corrected chi connectivity index (χ4v) is 2.48. The van der Waals surface area contributed by atoms with Crippen LogP contribution >= 0.6 is 12.6 Å². The topological polar surface area (TPSA) is 0 Å². The predicted molar refractivity (Wildman–Crippen MR) is 68.1 cm³/mol. The van der Waals surface area contributed by atoms with Crippen molar-refractivity contribution in [1.82, 2.24) is 0 Å². The van der Waals surface area contributed by atoms with Gasteiger partial charge in [0, 0.05) is 11.7 Å². The van der Waals surface area contributed by atoms with Gasteiger partial charge >= 0.3 is 0 Å². The molecule has 0 spiro atoms. The minimum absolute atomic E-state index is 0.391. The highest BCUT2D eigenvalue weighted by molar-refractivity contribution is 7.80. The molecule has 3 unspecified atom stereocenters. The summed E-state index contributed by atoms with van der Waals surface area (Å²) in [6.07, 6.45) is 6.40. The van der Waals surface area contributed by atoms with Gasteiger partial charge in [0.15, 0.2) is 0 Å². The van der Waals surface area contributed by atoms with E-state index in [9.17, 15) is 4.39 Å². The van der Waals surface area contributed by atoms with E-state index in [4.69, 9.17) is 0 Å². The summed E-state index contributed by atoms with van der Waals surface area (Å²) in [6, 6.07) is 0. The first-order valence-corrected chi connectivity index (χ1v) is 6.21. The van der Waals surface area contributed by atoms with Crippen LogP contribution in [0, 0.1) is 11.8 Å². The number of hydrogen-bond acceptors (Lipinski definition) is 1. The first-order valence-electron chi connectivity index (χ1n) is 5.70. The molecule has 2 heteroatoms. The number of allylic oxidation sites excluding steroid dienone is 4. The van der Waals surface area contributed by atoms with Crippen LogP contribution in [0.1, 0.15) is 33.6 Å². The highest BCUT2D eigenvalue weighted by atomic mass is 32.1. The normalized spacial score (nSPS) is 25.2. The largest absolute Gasteiger partial charge is 0.243 e. The summed E-state index contributed by atoms with van der Waals surface area (Å²) in [4.78, 5) is 0. The molecule has 0 radical (unpaired) electrons. The monoisotopic (exact) mass is 228 g/mol. The summed E-state index contributed by atoms with van der Waals surface area (Å²) in [5, 5.41) is 0.391. The van der Waals surface area contributed by atoms with E-state index in [1.807, 2.05) is 12.2 Å². The lowest BCUT2D eigenvalue weighted by Crippen LogP contribution is -2.19. The third-order valence-electron chi connectivity index (χ3n) is 3.07. The molecule has 1 aliphatic rings. The highest BCUT2D eigenvalue weighted by Crippen LogP contribution is 2.28. The van der Waals surface area contributed by atoms with Crippen LogP contribution in [0.3, 0.4) is 0 Å². The van der Waals surface area contributed by atoms with Crippen LogP contribution in [0.15, 0.2) is 23.8 Å². The summed E-state index contributed by atoms with van der Waals surface area (Å²) in [5.74, 6) is 1.19.